The largest absolute Gasteiger partial charge is 0.362 e. The van der Waals surface area contributed by atoms with Crippen LogP contribution in [0.15, 0.2) is 54.6 Å². The molecule has 1 heterocycles. The third-order valence-corrected chi connectivity index (χ3v) is 3.90. The number of rotatable bonds is 2. The molecular weight excluding hydrogens is 276 g/mol. The zero-order valence-electron chi connectivity index (χ0n) is 11.3. The molecular formula is C16H13F2NO2. The van der Waals surface area contributed by atoms with E-state index in [0.717, 1.165) is 0 Å². The fourth-order valence-corrected chi connectivity index (χ4v) is 2.71. The van der Waals surface area contributed by atoms with Gasteiger partial charge in [0.05, 0.1) is 0 Å². The predicted octanol–water partition coefficient (Wildman–Crippen LogP) is 2.71. The van der Waals surface area contributed by atoms with E-state index in [1.807, 2.05) is 0 Å². The summed E-state index contributed by atoms with van der Waals surface area (Å²) in [5, 5.41) is 10.7. The maximum atomic E-state index is 14.9. The summed E-state index contributed by atoms with van der Waals surface area (Å²) in [7, 11) is 1.18. The molecule has 0 bridgehead atoms. The van der Waals surface area contributed by atoms with Gasteiger partial charge >= 0.3 is 5.92 Å². The van der Waals surface area contributed by atoms with E-state index in [1.54, 1.807) is 12.1 Å². The first-order chi connectivity index (χ1) is 9.90. The lowest BCUT2D eigenvalue weighted by molar-refractivity contribution is -0.247. The highest BCUT2D eigenvalue weighted by Gasteiger charge is 2.63. The number of amides is 1. The normalized spacial score (nSPS) is 21.5. The van der Waals surface area contributed by atoms with Crippen molar-refractivity contribution in [1.29, 1.82) is 0 Å². The van der Waals surface area contributed by atoms with Gasteiger partial charge in [0.25, 0.3) is 5.91 Å². The third kappa shape index (κ3) is 1.64. The topological polar surface area (TPSA) is 40.5 Å². The molecule has 1 amide bonds. The first kappa shape index (κ1) is 13.7. The summed E-state index contributed by atoms with van der Waals surface area (Å²) in [5.74, 6) is -4.26. The summed E-state index contributed by atoms with van der Waals surface area (Å²) < 4.78 is 29.8. The second kappa shape index (κ2) is 4.36. The molecule has 3 nitrogen and oxygen atoms in total. The molecule has 0 aromatic heterocycles. The van der Waals surface area contributed by atoms with E-state index in [9.17, 15) is 18.7 Å². The number of carbonyl (C=O) groups is 1. The Morgan fingerprint density at radius 1 is 1.05 bits per heavy atom. The Morgan fingerprint density at radius 2 is 1.62 bits per heavy atom. The van der Waals surface area contributed by atoms with E-state index < -0.39 is 17.6 Å². The maximum absolute atomic E-state index is 14.9. The third-order valence-electron chi connectivity index (χ3n) is 3.90. The van der Waals surface area contributed by atoms with Gasteiger partial charge in [-0.2, -0.15) is 8.78 Å². The van der Waals surface area contributed by atoms with Crippen LogP contribution < -0.4 is 0 Å². The van der Waals surface area contributed by atoms with Crippen LogP contribution in [0.25, 0.3) is 0 Å². The molecule has 1 unspecified atom stereocenters. The first-order valence-corrected chi connectivity index (χ1v) is 6.44. The molecule has 1 aliphatic heterocycles. The Hall–Kier alpha value is -2.27. The molecule has 0 aliphatic carbocycles. The lowest BCUT2D eigenvalue weighted by atomic mass is 9.90. The molecule has 0 saturated carbocycles. The Balaban J connectivity index is 2.23. The molecule has 21 heavy (non-hydrogen) atoms. The van der Waals surface area contributed by atoms with Crippen molar-refractivity contribution >= 4 is 5.91 Å². The average Bonchev–Trinajstić information content (AvgIpc) is 2.72. The van der Waals surface area contributed by atoms with Crippen LogP contribution in [0.2, 0.25) is 0 Å². The Bertz CT molecular complexity index is 702. The van der Waals surface area contributed by atoms with Crippen molar-refractivity contribution in [3.05, 3.63) is 71.3 Å². The molecule has 5 heteroatoms. The van der Waals surface area contributed by atoms with Gasteiger partial charge in [-0.25, -0.2) is 0 Å². The fraction of sp³-hybridized carbons (Fsp3) is 0.188. The molecule has 1 aliphatic rings. The number of carbonyl (C=O) groups excluding carboxylic acids is 1. The van der Waals surface area contributed by atoms with E-state index in [4.69, 9.17) is 0 Å². The van der Waals surface area contributed by atoms with Gasteiger partial charge in [0, 0.05) is 23.7 Å². The van der Waals surface area contributed by atoms with Crippen molar-refractivity contribution in [2.45, 2.75) is 11.6 Å². The van der Waals surface area contributed by atoms with Crippen molar-refractivity contribution in [3.63, 3.8) is 0 Å². The minimum atomic E-state index is -3.63. The molecule has 0 spiro atoms. The Kier molecular flexibility index (Phi) is 2.85. The molecule has 1 N–H and O–H groups in total. The molecule has 108 valence electrons. The smallest absolute Gasteiger partial charge is 0.324 e. The van der Waals surface area contributed by atoms with Gasteiger partial charge in [0.15, 0.2) is 0 Å². The molecule has 0 radical (unpaired) electrons. The SMILES string of the molecule is CN1C(=O)c2ccccc2C1(O)C(F)(F)c1ccccc1. The zero-order valence-corrected chi connectivity index (χ0v) is 11.3. The van der Waals surface area contributed by atoms with Gasteiger partial charge in [-0.1, -0.05) is 48.5 Å². The van der Waals surface area contributed by atoms with Crippen LogP contribution in [0.5, 0.6) is 0 Å². The van der Waals surface area contributed by atoms with Gasteiger partial charge < -0.3 is 10.0 Å². The number of aliphatic hydroxyl groups is 1. The van der Waals surface area contributed by atoms with Gasteiger partial charge in [-0.15, -0.1) is 0 Å². The molecule has 1 atom stereocenters. The molecule has 3 rings (SSSR count). The second-order valence-electron chi connectivity index (χ2n) is 5.02. The summed E-state index contributed by atoms with van der Waals surface area (Å²) in [4.78, 5) is 12.8. The molecule has 2 aromatic rings. The van der Waals surface area contributed by atoms with Gasteiger partial charge in [-0.3, -0.25) is 4.79 Å². The molecule has 0 saturated heterocycles. The minimum absolute atomic E-state index is 0.0775. The highest BCUT2D eigenvalue weighted by Crippen LogP contribution is 2.51. The predicted molar refractivity (Wildman–Crippen MR) is 72.8 cm³/mol. The number of fused-ring (bicyclic) bond motifs is 1. The first-order valence-electron chi connectivity index (χ1n) is 6.44. The summed E-state index contributed by atoms with van der Waals surface area (Å²) in [6.07, 6.45) is 0. The quantitative estimate of drug-likeness (QED) is 0.923. The maximum Gasteiger partial charge on any atom is 0.324 e. The summed E-state index contributed by atoms with van der Waals surface area (Å²) >= 11 is 0. The number of halogens is 2. The highest BCUT2D eigenvalue weighted by molar-refractivity contribution is 5.99. The Labute approximate surface area is 120 Å². The van der Waals surface area contributed by atoms with Crippen LogP contribution in [0.3, 0.4) is 0 Å². The fourth-order valence-electron chi connectivity index (χ4n) is 2.71. The van der Waals surface area contributed by atoms with Gasteiger partial charge in [0.2, 0.25) is 5.72 Å². The van der Waals surface area contributed by atoms with Crippen molar-refractivity contribution in [3.8, 4) is 0 Å². The number of nitrogens with zero attached hydrogens (tertiary/aromatic N) is 1. The number of benzene rings is 2. The van der Waals surface area contributed by atoms with Crippen molar-refractivity contribution in [2.24, 2.45) is 0 Å². The number of hydrogen-bond acceptors (Lipinski definition) is 2. The van der Waals surface area contributed by atoms with Crippen LogP contribution in [-0.2, 0) is 11.6 Å². The molecule has 0 fully saturated rings. The zero-order chi connectivity index (χ0) is 15.3. The van der Waals surface area contributed by atoms with Crippen LogP contribution in [0.1, 0.15) is 21.5 Å². The van der Waals surface area contributed by atoms with E-state index in [-0.39, 0.29) is 16.7 Å². The Morgan fingerprint density at radius 3 is 2.29 bits per heavy atom. The summed E-state index contributed by atoms with van der Waals surface area (Å²) in [5.41, 5.74) is -3.02. The van der Waals surface area contributed by atoms with Crippen LogP contribution in [-0.4, -0.2) is 23.0 Å². The lowest BCUT2D eigenvalue weighted by Gasteiger charge is -2.38. The summed E-state index contributed by atoms with van der Waals surface area (Å²) in [6, 6.07) is 12.9. The van der Waals surface area contributed by atoms with Crippen LogP contribution in [0, 0.1) is 0 Å². The summed E-state index contributed by atoms with van der Waals surface area (Å²) in [6.45, 7) is 0. The van der Waals surface area contributed by atoms with E-state index in [1.165, 1.54) is 49.5 Å². The lowest BCUT2D eigenvalue weighted by Crippen LogP contribution is -2.52. The van der Waals surface area contributed by atoms with Crippen molar-refractivity contribution in [2.75, 3.05) is 7.05 Å². The van der Waals surface area contributed by atoms with E-state index in [2.05, 4.69) is 0 Å². The van der Waals surface area contributed by atoms with Gasteiger partial charge in [0.1, 0.15) is 0 Å². The highest BCUT2D eigenvalue weighted by atomic mass is 19.3. The number of hydrogen-bond donors (Lipinski definition) is 1. The molecule has 2 aromatic carbocycles. The van der Waals surface area contributed by atoms with Crippen molar-refractivity contribution in [1.82, 2.24) is 4.90 Å². The average molecular weight is 289 g/mol. The monoisotopic (exact) mass is 289 g/mol. The standard InChI is InChI=1S/C16H13F2NO2/c1-19-14(20)12-9-5-6-10-13(12)16(19,21)15(17,18)11-7-3-2-4-8-11/h2-10,21H,1H3. The minimum Gasteiger partial charge on any atom is -0.362 e. The van der Waals surface area contributed by atoms with Gasteiger partial charge in [-0.05, 0) is 6.07 Å². The van der Waals surface area contributed by atoms with Crippen LogP contribution >= 0.6 is 0 Å². The van der Waals surface area contributed by atoms with Crippen molar-refractivity contribution < 1.29 is 18.7 Å². The van der Waals surface area contributed by atoms with Crippen LogP contribution in [0.4, 0.5) is 8.78 Å². The number of likely N-dealkylation sites (N-methyl/N-ethyl adjacent to an activating group) is 1. The van der Waals surface area contributed by atoms with E-state index in [0.29, 0.717) is 4.90 Å². The number of alkyl halides is 2. The second-order valence-corrected chi connectivity index (χ2v) is 5.02. The van der Waals surface area contributed by atoms with E-state index >= 15 is 0 Å².